The van der Waals surface area contributed by atoms with Gasteiger partial charge in [0.2, 0.25) is 0 Å². The maximum absolute atomic E-state index is 5.74. The predicted octanol–water partition coefficient (Wildman–Crippen LogP) is 3.29. The van der Waals surface area contributed by atoms with E-state index in [-0.39, 0.29) is 0 Å². The van der Waals surface area contributed by atoms with Crippen molar-refractivity contribution in [1.82, 2.24) is 9.78 Å². The summed E-state index contributed by atoms with van der Waals surface area (Å²) in [4.78, 5) is 0. The normalized spacial score (nSPS) is 10.7. The number of halogens is 1. The van der Waals surface area contributed by atoms with Crippen LogP contribution >= 0.6 is 11.6 Å². The second-order valence-corrected chi connectivity index (χ2v) is 4.44. The largest absolute Gasteiger partial charge is 0.268 e. The Hall–Kier alpha value is -1.28. The summed E-state index contributed by atoms with van der Waals surface area (Å²) in [5.41, 5.74) is 4.92. The Labute approximate surface area is 101 Å². The molecule has 1 aromatic heterocycles. The van der Waals surface area contributed by atoms with E-state index in [1.54, 1.807) is 0 Å². The van der Waals surface area contributed by atoms with Gasteiger partial charge in [0.1, 0.15) is 0 Å². The first-order valence-corrected chi connectivity index (χ1v) is 5.85. The lowest BCUT2D eigenvalue weighted by Gasteiger charge is -2.05. The van der Waals surface area contributed by atoms with Crippen LogP contribution in [0.2, 0.25) is 0 Å². The highest BCUT2D eigenvalue weighted by atomic mass is 35.5. The van der Waals surface area contributed by atoms with E-state index in [1.165, 1.54) is 16.7 Å². The summed E-state index contributed by atoms with van der Waals surface area (Å²) in [5, 5.41) is 4.27. The molecule has 2 nitrogen and oxygen atoms in total. The van der Waals surface area contributed by atoms with E-state index in [0.717, 1.165) is 12.1 Å². The van der Waals surface area contributed by atoms with Crippen molar-refractivity contribution in [1.29, 1.82) is 0 Å². The van der Waals surface area contributed by atoms with Gasteiger partial charge < -0.3 is 0 Å². The molecular weight excluding hydrogens is 220 g/mol. The van der Waals surface area contributed by atoms with Gasteiger partial charge in [-0.15, -0.1) is 11.6 Å². The Morgan fingerprint density at radius 2 is 1.81 bits per heavy atom. The molecule has 2 rings (SSSR count). The number of benzene rings is 1. The quantitative estimate of drug-likeness (QED) is 0.746. The number of hydrogen-bond acceptors (Lipinski definition) is 1. The molecule has 0 bridgehead atoms. The molecule has 0 aliphatic carbocycles. The fourth-order valence-electron chi connectivity index (χ4n) is 1.91. The second-order valence-electron chi connectivity index (χ2n) is 4.18. The van der Waals surface area contributed by atoms with Gasteiger partial charge in [0.05, 0.1) is 18.6 Å². The molecule has 0 radical (unpaired) electrons. The number of rotatable bonds is 3. The summed E-state index contributed by atoms with van der Waals surface area (Å²) in [7, 11) is 0. The minimum Gasteiger partial charge on any atom is -0.268 e. The van der Waals surface area contributed by atoms with Crippen LogP contribution in [-0.2, 0) is 12.4 Å². The minimum atomic E-state index is 0.521. The van der Waals surface area contributed by atoms with E-state index < -0.39 is 0 Å². The molecule has 2 aromatic rings. The first-order valence-electron chi connectivity index (χ1n) is 5.32. The van der Waals surface area contributed by atoms with Crippen LogP contribution < -0.4 is 0 Å². The van der Waals surface area contributed by atoms with Crippen LogP contribution in [0.1, 0.15) is 22.3 Å². The molecule has 0 unspecified atom stereocenters. The van der Waals surface area contributed by atoms with Crippen LogP contribution in [0, 0.1) is 13.8 Å². The molecule has 1 aromatic carbocycles. The highest BCUT2D eigenvalue weighted by Crippen LogP contribution is 2.11. The molecule has 1 heterocycles. The van der Waals surface area contributed by atoms with Gasteiger partial charge >= 0.3 is 0 Å². The van der Waals surface area contributed by atoms with Crippen molar-refractivity contribution in [2.45, 2.75) is 26.3 Å². The molecular formula is C13H15ClN2. The van der Waals surface area contributed by atoms with Crippen molar-refractivity contribution in [3.63, 3.8) is 0 Å². The van der Waals surface area contributed by atoms with Gasteiger partial charge in [0.25, 0.3) is 0 Å². The highest BCUT2D eigenvalue weighted by Gasteiger charge is 2.00. The van der Waals surface area contributed by atoms with Gasteiger partial charge in [0, 0.05) is 11.8 Å². The van der Waals surface area contributed by atoms with E-state index in [1.807, 2.05) is 17.1 Å². The first kappa shape index (κ1) is 11.2. The maximum atomic E-state index is 5.74. The predicted molar refractivity (Wildman–Crippen MR) is 66.8 cm³/mol. The van der Waals surface area contributed by atoms with Gasteiger partial charge in [-0.1, -0.05) is 29.3 Å². The molecule has 0 spiro atoms. The summed E-state index contributed by atoms with van der Waals surface area (Å²) < 4.78 is 1.92. The average Bonchev–Trinajstić information content (AvgIpc) is 2.64. The molecule has 0 amide bonds. The number of aromatic nitrogens is 2. The summed E-state index contributed by atoms with van der Waals surface area (Å²) >= 11 is 5.74. The standard InChI is InChI=1S/C13H15ClN2/c1-10-3-11(2)5-12(4-10)8-16-9-13(6-14)7-15-16/h3-5,7,9H,6,8H2,1-2H3. The summed E-state index contributed by atoms with van der Waals surface area (Å²) in [6.07, 6.45) is 3.81. The van der Waals surface area contributed by atoms with E-state index in [0.29, 0.717) is 5.88 Å². The Morgan fingerprint density at radius 3 is 2.38 bits per heavy atom. The van der Waals surface area contributed by atoms with Gasteiger partial charge in [-0.05, 0) is 19.4 Å². The van der Waals surface area contributed by atoms with Crippen molar-refractivity contribution in [3.8, 4) is 0 Å². The Bertz CT molecular complexity index is 468. The monoisotopic (exact) mass is 234 g/mol. The average molecular weight is 235 g/mol. The first-order chi connectivity index (χ1) is 7.67. The van der Waals surface area contributed by atoms with E-state index >= 15 is 0 Å². The molecule has 3 heteroatoms. The maximum Gasteiger partial charge on any atom is 0.0659 e. The van der Waals surface area contributed by atoms with Crippen molar-refractivity contribution < 1.29 is 0 Å². The molecule has 0 saturated heterocycles. The van der Waals surface area contributed by atoms with Crippen LogP contribution in [0.25, 0.3) is 0 Å². The van der Waals surface area contributed by atoms with Crippen LogP contribution in [-0.4, -0.2) is 9.78 Å². The third-order valence-corrected chi connectivity index (χ3v) is 2.78. The topological polar surface area (TPSA) is 17.8 Å². The van der Waals surface area contributed by atoms with Crippen molar-refractivity contribution in [2.24, 2.45) is 0 Å². The lowest BCUT2D eigenvalue weighted by Crippen LogP contribution is -2.00. The zero-order chi connectivity index (χ0) is 11.5. The van der Waals surface area contributed by atoms with Gasteiger partial charge in [-0.25, -0.2) is 0 Å². The number of alkyl halides is 1. The molecule has 0 aliphatic heterocycles. The number of hydrogen-bond donors (Lipinski definition) is 0. The third kappa shape index (κ3) is 2.64. The highest BCUT2D eigenvalue weighted by molar-refractivity contribution is 6.17. The fourth-order valence-corrected chi connectivity index (χ4v) is 2.05. The van der Waals surface area contributed by atoms with Crippen LogP contribution in [0.5, 0.6) is 0 Å². The Kier molecular flexibility index (Phi) is 3.30. The zero-order valence-electron chi connectivity index (χ0n) is 9.57. The molecule has 0 atom stereocenters. The third-order valence-electron chi connectivity index (χ3n) is 2.47. The molecule has 16 heavy (non-hydrogen) atoms. The second kappa shape index (κ2) is 4.71. The van der Waals surface area contributed by atoms with E-state index in [9.17, 15) is 0 Å². The van der Waals surface area contributed by atoms with Crippen molar-refractivity contribution in [3.05, 3.63) is 52.8 Å². The summed E-state index contributed by atoms with van der Waals surface area (Å²) in [5.74, 6) is 0.521. The lowest BCUT2D eigenvalue weighted by molar-refractivity contribution is 0.685. The number of nitrogens with zero attached hydrogens (tertiary/aromatic N) is 2. The zero-order valence-corrected chi connectivity index (χ0v) is 10.3. The Balaban J connectivity index is 2.19. The molecule has 0 aliphatic rings. The lowest BCUT2D eigenvalue weighted by atomic mass is 10.1. The summed E-state index contributed by atoms with van der Waals surface area (Å²) in [6.45, 7) is 5.03. The molecule has 0 saturated carbocycles. The van der Waals surface area contributed by atoms with Crippen LogP contribution in [0.4, 0.5) is 0 Å². The van der Waals surface area contributed by atoms with E-state index in [2.05, 4.69) is 37.1 Å². The van der Waals surface area contributed by atoms with Gasteiger partial charge in [0.15, 0.2) is 0 Å². The smallest absolute Gasteiger partial charge is 0.0659 e. The van der Waals surface area contributed by atoms with Gasteiger partial charge in [-0.2, -0.15) is 5.10 Å². The Morgan fingerprint density at radius 1 is 1.12 bits per heavy atom. The SMILES string of the molecule is Cc1cc(C)cc(Cn2cc(CCl)cn2)c1. The van der Waals surface area contributed by atoms with Crippen molar-refractivity contribution in [2.75, 3.05) is 0 Å². The minimum absolute atomic E-state index is 0.521. The van der Waals surface area contributed by atoms with Crippen LogP contribution in [0.3, 0.4) is 0 Å². The number of aryl methyl sites for hydroxylation is 2. The summed E-state index contributed by atoms with van der Waals surface area (Å²) in [6, 6.07) is 6.56. The molecule has 0 fully saturated rings. The van der Waals surface area contributed by atoms with Crippen molar-refractivity contribution >= 4 is 11.6 Å². The van der Waals surface area contributed by atoms with E-state index in [4.69, 9.17) is 11.6 Å². The van der Waals surface area contributed by atoms with Gasteiger partial charge in [-0.3, -0.25) is 4.68 Å². The fraction of sp³-hybridized carbons (Fsp3) is 0.308. The molecule has 84 valence electrons. The molecule has 0 N–H and O–H groups in total. The van der Waals surface area contributed by atoms with Crippen LogP contribution in [0.15, 0.2) is 30.6 Å².